The minimum Gasteiger partial charge on any atom is -0.376 e. The summed E-state index contributed by atoms with van der Waals surface area (Å²) in [5, 5.41) is 7.46. The van der Waals surface area contributed by atoms with Crippen LogP contribution in [0.4, 0.5) is 0 Å². The van der Waals surface area contributed by atoms with Gasteiger partial charge in [-0.3, -0.25) is 4.99 Å². The summed E-state index contributed by atoms with van der Waals surface area (Å²) in [6.45, 7) is 11.2. The number of halogens is 1. The fraction of sp³-hybridized carbons (Fsp3) is 0.545. The SMILES string of the molecule is CCNC(=NCCc1c(C)noc1C)N1CCC(COCc2ccccc2)C1.I. The molecule has 6 nitrogen and oxygen atoms in total. The van der Waals surface area contributed by atoms with Crippen molar-refractivity contribution in [2.45, 2.75) is 40.2 Å². The van der Waals surface area contributed by atoms with Gasteiger partial charge in [0.05, 0.1) is 18.9 Å². The summed E-state index contributed by atoms with van der Waals surface area (Å²) in [6, 6.07) is 10.4. The zero-order chi connectivity index (χ0) is 19.8. The molecule has 1 aromatic heterocycles. The second-order valence-corrected chi connectivity index (χ2v) is 7.39. The van der Waals surface area contributed by atoms with Crippen molar-refractivity contribution in [3.8, 4) is 0 Å². The predicted molar refractivity (Wildman–Crippen MR) is 127 cm³/mol. The lowest BCUT2D eigenvalue weighted by atomic mass is 10.1. The van der Waals surface area contributed by atoms with Crippen LogP contribution >= 0.6 is 24.0 Å². The van der Waals surface area contributed by atoms with Crippen LogP contribution in [0.1, 0.15) is 35.9 Å². The highest BCUT2D eigenvalue weighted by molar-refractivity contribution is 14.0. The molecule has 1 N–H and O–H groups in total. The van der Waals surface area contributed by atoms with Crippen LogP contribution in [0.2, 0.25) is 0 Å². The topological polar surface area (TPSA) is 62.9 Å². The first-order chi connectivity index (χ1) is 13.7. The molecule has 1 atom stereocenters. The van der Waals surface area contributed by atoms with Gasteiger partial charge in [0.15, 0.2) is 5.96 Å². The smallest absolute Gasteiger partial charge is 0.193 e. The molecular formula is C22H33IN4O2. The van der Waals surface area contributed by atoms with Crippen LogP contribution < -0.4 is 5.32 Å². The Balaban J connectivity index is 0.00000300. The highest BCUT2D eigenvalue weighted by Crippen LogP contribution is 2.18. The number of hydrogen-bond donors (Lipinski definition) is 1. The molecule has 2 aromatic rings. The lowest BCUT2D eigenvalue weighted by Crippen LogP contribution is -2.40. The van der Waals surface area contributed by atoms with Crippen molar-refractivity contribution in [2.75, 3.05) is 32.8 Å². The molecule has 1 saturated heterocycles. The molecule has 2 heterocycles. The molecule has 29 heavy (non-hydrogen) atoms. The van der Waals surface area contributed by atoms with Gasteiger partial charge in [-0.05, 0) is 39.2 Å². The van der Waals surface area contributed by atoms with Crippen molar-refractivity contribution in [3.63, 3.8) is 0 Å². The van der Waals surface area contributed by atoms with Gasteiger partial charge in [-0.2, -0.15) is 0 Å². The molecule has 0 bridgehead atoms. The van der Waals surface area contributed by atoms with E-state index < -0.39 is 0 Å². The number of nitrogens with zero attached hydrogens (tertiary/aromatic N) is 3. The lowest BCUT2D eigenvalue weighted by Gasteiger charge is -2.21. The van der Waals surface area contributed by atoms with E-state index in [-0.39, 0.29) is 24.0 Å². The van der Waals surface area contributed by atoms with Crippen molar-refractivity contribution in [1.82, 2.24) is 15.4 Å². The molecule has 3 rings (SSSR count). The van der Waals surface area contributed by atoms with Gasteiger partial charge in [0.1, 0.15) is 5.76 Å². The zero-order valence-corrected chi connectivity index (χ0v) is 20.0. The highest BCUT2D eigenvalue weighted by atomic mass is 127. The summed E-state index contributed by atoms with van der Waals surface area (Å²) in [6.07, 6.45) is 2.00. The van der Waals surface area contributed by atoms with Crippen molar-refractivity contribution >= 4 is 29.9 Å². The number of aryl methyl sites for hydroxylation is 2. The monoisotopic (exact) mass is 512 g/mol. The second kappa shape index (κ2) is 12.2. The van der Waals surface area contributed by atoms with Gasteiger partial charge in [0.2, 0.25) is 0 Å². The molecule has 0 amide bonds. The minimum absolute atomic E-state index is 0. The van der Waals surface area contributed by atoms with E-state index in [9.17, 15) is 0 Å². The van der Waals surface area contributed by atoms with Crippen LogP contribution in [0.3, 0.4) is 0 Å². The Labute approximate surface area is 191 Å². The van der Waals surface area contributed by atoms with Gasteiger partial charge < -0.3 is 19.5 Å². The van der Waals surface area contributed by atoms with E-state index in [1.807, 2.05) is 19.9 Å². The Morgan fingerprint density at radius 3 is 2.79 bits per heavy atom. The van der Waals surface area contributed by atoms with Gasteiger partial charge in [-0.25, -0.2) is 0 Å². The van der Waals surface area contributed by atoms with E-state index in [2.05, 4.69) is 46.6 Å². The maximum Gasteiger partial charge on any atom is 0.193 e. The molecule has 1 aliphatic heterocycles. The third kappa shape index (κ3) is 6.99. The number of rotatable bonds is 8. The fourth-order valence-corrected chi connectivity index (χ4v) is 3.64. The Bertz CT molecular complexity index is 744. The van der Waals surface area contributed by atoms with E-state index in [0.29, 0.717) is 12.5 Å². The average molecular weight is 512 g/mol. The molecular weight excluding hydrogens is 479 g/mol. The summed E-state index contributed by atoms with van der Waals surface area (Å²) in [5.74, 6) is 2.45. The molecule has 1 aliphatic rings. The molecule has 160 valence electrons. The summed E-state index contributed by atoms with van der Waals surface area (Å²) in [7, 11) is 0. The molecule has 7 heteroatoms. The third-order valence-corrected chi connectivity index (χ3v) is 5.19. The number of nitrogens with one attached hydrogen (secondary N) is 1. The Morgan fingerprint density at radius 1 is 1.31 bits per heavy atom. The Hall–Kier alpha value is -1.61. The second-order valence-electron chi connectivity index (χ2n) is 7.39. The van der Waals surface area contributed by atoms with Gasteiger partial charge in [-0.15, -0.1) is 24.0 Å². The van der Waals surface area contributed by atoms with Gasteiger partial charge in [0.25, 0.3) is 0 Å². The molecule has 0 spiro atoms. The molecule has 0 aliphatic carbocycles. The maximum atomic E-state index is 5.94. The molecule has 1 unspecified atom stereocenters. The van der Waals surface area contributed by atoms with Crippen LogP contribution in [0.15, 0.2) is 39.8 Å². The van der Waals surface area contributed by atoms with E-state index in [1.165, 1.54) is 11.1 Å². The number of benzene rings is 1. The van der Waals surface area contributed by atoms with Crippen LogP contribution in [0, 0.1) is 19.8 Å². The largest absolute Gasteiger partial charge is 0.376 e. The lowest BCUT2D eigenvalue weighted by molar-refractivity contribution is 0.0907. The predicted octanol–water partition coefficient (Wildman–Crippen LogP) is 3.96. The third-order valence-electron chi connectivity index (χ3n) is 5.19. The molecule has 1 fully saturated rings. The molecule has 1 aromatic carbocycles. The average Bonchev–Trinajstić information content (AvgIpc) is 3.30. The number of guanidine groups is 1. The quantitative estimate of drug-likeness (QED) is 0.330. The number of aliphatic imine (C=N–C) groups is 1. The Morgan fingerprint density at radius 2 is 2.10 bits per heavy atom. The van der Waals surface area contributed by atoms with Gasteiger partial charge >= 0.3 is 0 Å². The number of ether oxygens (including phenoxy) is 1. The van der Waals surface area contributed by atoms with Gasteiger partial charge in [-0.1, -0.05) is 35.5 Å². The van der Waals surface area contributed by atoms with Crippen molar-refractivity contribution < 1.29 is 9.26 Å². The van der Waals surface area contributed by atoms with Crippen LogP contribution in [-0.4, -0.2) is 48.8 Å². The maximum absolute atomic E-state index is 5.94. The molecule has 0 radical (unpaired) electrons. The summed E-state index contributed by atoms with van der Waals surface area (Å²) in [5.41, 5.74) is 3.37. The number of likely N-dealkylation sites (tertiary alicyclic amines) is 1. The van der Waals surface area contributed by atoms with Gasteiger partial charge in [0, 0.05) is 37.7 Å². The number of aromatic nitrogens is 1. The van der Waals surface area contributed by atoms with E-state index in [1.54, 1.807) is 0 Å². The highest BCUT2D eigenvalue weighted by Gasteiger charge is 2.25. The Kier molecular flexibility index (Phi) is 9.93. The zero-order valence-electron chi connectivity index (χ0n) is 17.7. The first-order valence-electron chi connectivity index (χ1n) is 10.2. The first-order valence-corrected chi connectivity index (χ1v) is 10.2. The van der Waals surface area contributed by atoms with Crippen molar-refractivity contribution in [3.05, 3.63) is 52.9 Å². The van der Waals surface area contributed by atoms with Crippen molar-refractivity contribution in [1.29, 1.82) is 0 Å². The minimum atomic E-state index is 0. The van der Waals surface area contributed by atoms with E-state index >= 15 is 0 Å². The van der Waals surface area contributed by atoms with E-state index in [4.69, 9.17) is 14.3 Å². The number of hydrogen-bond acceptors (Lipinski definition) is 4. The van der Waals surface area contributed by atoms with Crippen LogP contribution in [-0.2, 0) is 17.8 Å². The fourth-order valence-electron chi connectivity index (χ4n) is 3.64. The summed E-state index contributed by atoms with van der Waals surface area (Å²) < 4.78 is 11.2. The van der Waals surface area contributed by atoms with Crippen LogP contribution in [0.25, 0.3) is 0 Å². The standard InChI is InChI=1S/C22H32N4O2.HI/c1-4-23-22(24-12-10-21-17(2)25-28-18(21)3)26-13-11-20(14-26)16-27-15-19-8-6-5-7-9-19;/h5-9,20H,4,10-16H2,1-3H3,(H,23,24);1H. The molecule has 0 saturated carbocycles. The van der Waals surface area contributed by atoms with Crippen LogP contribution in [0.5, 0.6) is 0 Å². The summed E-state index contributed by atoms with van der Waals surface area (Å²) >= 11 is 0. The van der Waals surface area contributed by atoms with E-state index in [0.717, 1.165) is 63.0 Å². The summed E-state index contributed by atoms with van der Waals surface area (Å²) in [4.78, 5) is 7.19. The normalized spacial score (nSPS) is 16.7. The first kappa shape index (κ1) is 23.7. The van der Waals surface area contributed by atoms with Crippen molar-refractivity contribution in [2.24, 2.45) is 10.9 Å².